The summed E-state index contributed by atoms with van der Waals surface area (Å²) in [7, 11) is 1.95. The lowest BCUT2D eigenvalue weighted by Crippen LogP contribution is -2.34. The predicted molar refractivity (Wildman–Crippen MR) is 74.2 cm³/mol. The van der Waals surface area contributed by atoms with Gasteiger partial charge in [-0.05, 0) is 26.7 Å². The number of nitrogens with one attached hydrogen (secondary N) is 1. The molecule has 0 unspecified atom stereocenters. The van der Waals surface area contributed by atoms with Gasteiger partial charge in [-0.15, -0.1) is 0 Å². The molecule has 1 N–H and O–H groups in total. The van der Waals surface area contributed by atoms with Crippen molar-refractivity contribution in [3.05, 3.63) is 35.2 Å². The lowest BCUT2D eigenvalue weighted by atomic mass is 10.1. The minimum absolute atomic E-state index is 0.0549. The standard InChI is InChI=1S/C14H19N5O/c1-9-13(10(2)17-16-9)14(20)19(11-4-5-11)8-12-15-6-7-18(12)3/h6-7,11H,4-5,8H2,1-3H3,(H,16,17). The summed E-state index contributed by atoms with van der Waals surface area (Å²) in [5, 5.41) is 7.00. The minimum atomic E-state index is 0.0549. The number of carbonyl (C=O) groups is 1. The number of imidazole rings is 1. The zero-order valence-electron chi connectivity index (χ0n) is 12.1. The van der Waals surface area contributed by atoms with Crippen molar-refractivity contribution < 1.29 is 4.79 Å². The lowest BCUT2D eigenvalue weighted by Gasteiger charge is -2.22. The molecule has 2 heterocycles. The molecule has 6 nitrogen and oxygen atoms in total. The van der Waals surface area contributed by atoms with Crippen LogP contribution < -0.4 is 0 Å². The number of aromatic amines is 1. The summed E-state index contributed by atoms with van der Waals surface area (Å²) in [6.07, 6.45) is 5.82. The van der Waals surface area contributed by atoms with E-state index in [9.17, 15) is 4.79 Å². The number of carbonyl (C=O) groups excluding carboxylic acids is 1. The van der Waals surface area contributed by atoms with Crippen LogP contribution in [0.25, 0.3) is 0 Å². The fraction of sp³-hybridized carbons (Fsp3) is 0.500. The number of aromatic nitrogens is 4. The van der Waals surface area contributed by atoms with Gasteiger partial charge in [-0.3, -0.25) is 9.89 Å². The molecule has 0 spiro atoms. The molecule has 0 aliphatic heterocycles. The summed E-state index contributed by atoms with van der Waals surface area (Å²) < 4.78 is 1.96. The SMILES string of the molecule is Cc1n[nH]c(C)c1C(=O)N(Cc1nccn1C)C1CC1. The molecule has 0 saturated heterocycles. The highest BCUT2D eigenvalue weighted by atomic mass is 16.2. The molecule has 20 heavy (non-hydrogen) atoms. The molecule has 0 aromatic carbocycles. The first kappa shape index (κ1) is 12.9. The van der Waals surface area contributed by atoms with E-state index < -0.39 is 0 Å². The number of hydrogen-bond acceptors (Lipinski definition) is 3. The van der Waals surface area contributed by atoms with E-state index in [0.717, 1.165) is 30.1 Å². The fourth-order valence-corrected chi connectivity index (χ4v) is 2.46. The molecule has 1 saturated carbocycles. The molecule has 1 aliphatic rings. The summed E-state index contributed by atoms with van der Waals surface area (Å²) in [6.45, 7) is 4.30. The molecule has 1 amide bonds. The zero-order valence-corrected chi connectivity index (χ0v) is 12.1. The first-order valence-electron chi connectivity index (χ1n) is 6.86. The maximum absolute atomic E-state index is 12.8. The third-order valence-corrected chi connectivity index (χ3v) is 3.82. The molecular formula is C14H19N5O. The molecular weight excluding hydrogens is 254 g/mol. The van der Waals surface area contributed by atoms with Gasteiger partial charge in [-0.1, -0.05) is 0 Å². The Morgan fingerprint density at radius 3 is 2.75 bits per heavy atom. The highest BCUT2D eigenvalue weighted by molar-refractivity contribution is 5.96. The second-order valence-corrected chi connectivity index (χ2v) is 5.43. The Labute approximate surface area is 117 Å². The second-order valence-electron chi connectivity index (χ2n) is 5.43. The van der Waals surface area contributed by atoms with Crippen LogP contribution in [0.4, 0.5) is 0 Å². The number of rotatable bonds is 4. The van der Waals surface area contributed by atoms with Crippen molar-refractivity contribution in [2.24, 2.45) is 7.05 Å². The van der Waals surface area contributed by atoms with Crippen LogP contribution in [0.2, 0.25) is 0 Å². The Bertz CT molecular complexity index is 618. The average Bonchev–Trinajstić information content (AvgIpc) is 3.09. The van der Waals surface area contributed by atoms with Crippen LogP contribution in [-0.2, 0) is 13.6 Å². The van der Waals surface area contributed by atoms with Crippen LogP contribution in [0.5, 0.6) is 0 Å². The van der Waals surface area contributed by atoms with E-state index in [1.54, 1.807) is 6.20 Å². The fourth-order valence-electron chi connectivity index (χ4n) is 2.46. The van der Waals surface area contributed by atoms with Crippen LogP contribution in [0, 0.1) is 13.8 Å². The quantitative estimate of drug-likeness (QED) is 0.919. The van der Waals surface area contributed by atoms with E-state index in [4.69, 9.17) is 0 Å². The van der Waals surface area contributed by atoms with Crippen molar-refractivity contribution in [1.82, 2.24) is 24.6 Å². The smallest absolute Gasteiger partial charge is 0.258 e. The molecule has 1 fully saturated rings. The monoisotopic (exact) mass is 273 g/mol. The predicted octanol–water partition coefficient (Wildman–Crippen LogP) is 1.56. The number of aryl methyl sites for hydroxylation is 3. The van der Waals surface area contributed by atoms with E-state index in [1.807, 2.05) is 36.6 Å². The van der Waals surface area contributed by atoms with Gasteiger partial charge in [-0.25, -0.2) is 4.98 Å². The molecule has 2 aromatic heterocycles. The summed E-state index contributed by atoms with van der Waals surface area (Å²) in [4.78, 5) is 19.0. The van der Waals surface area contributed by atoms with E-state index in [1.165, 1.54) is 0 Å². The number of amides is 1. The van der Waals surface area contributed by atoms with E-state index in [0.29, 0.717) is 18.2 Å². The van der Waals surface area contributed by atoms with Gasteiger partial charge < -0.3 is 9.47 Å². The van der Waals surface area contributed by atoms with Gasteiger partial charge in [0.15, 0.2) is 0 Å². The van der Waals surface area contributed by atoms with Crippen molar-refractivity contribution in [2.45, 2.75) is 39.3 Å². The molecule has 6 heteroatoms. The van der Waals surface area contributed by atoms with E-state index in [-0.39, 0.29) is 5.91 Å². The molecule has 0 radical (unpaired) electrons. The number of nitrogens with zero attached hydrogens (tertiary/aromatic N) is 4. The minimum Gasteiger partial charge on any atom is -0.337 e. The summed E-state index contributed by atoms with van der Waals surface area (Å²) in [5.74, 6) is 0.961. The van der Waals surface area contributed by atoms with Crippen molar-refractivity contribution in [3.63, 3.8) is 0 Å². The Kier molecular flexibility index (Phi) is 3.08. The van der Waals surface area contributed by atoms with Gasteiger partial charge in [0.05, 0.1) is 17.8 Å². The highest BCUT2D eigenvalue weighted by Crippen LogP contribution is 2.30. The summed E-state index contributed by atoms with van der Waals surface area (Å²) in [5.41, 5.74) is 2.29. The van der Waals surface area contributed by atoms with Crippen molar-refractivity contribution in [2.75, 3.05) is 0 Å². The van der Waals surface area contributed by atoms with Gasteiger partial charge >= 0.3 is 0 Å². The van der Waals surface area contributed by atoms with E-state index in [2.05, 4.69) is 15.2 Å². The maximum atomic E-state index is 12.8. The van der Waals surface area contributed by atoms with Crippen LogP contribution in [-0.4, -0.2) is 36.6 Å². The number of H-pyrrole nitrogens is 1. The van der Waals surface area contributed by atoms with Crippen LogP contribution in [0.1, 0.15) is 40.4 Å². The van der Waals surface area contributed by atoms with Crippen LogP contribution in [0.3, 0.4) is 0 Å². The molecule has 2 aromatic rings. The van der Waals surface area contributed by atoms with Crippen LogP contribution in [0.15, 0.2) is 12.4 Å². The lowest BCUT2D eigenvalue weighted by molar-refractivity contribution is 0.0722. The Morgan fingerprint density at radius 2 is 2.25 bits per heavy atom. The van der Waals surface area contributed by atoms with Gasteiger partial charge in [0.25, 0.3) is 5.91 Å². The normalized spacial score (nSPS) is 14.6. The zero-order chi connectivity index (χ0) is 14.3. The Balaban J connectivity index is 1.88. The Hall–Kier alpha value is -2.11. The van der Waals surface area contributed by atoms with Gasteiger partial charge in [0.2, 0.25) is 0 Å². The molecule has 3 rings (SSSR count). The molecule has 1 aliphatic carbocycles. The Morgan fingerprint density at radius 1 is 1.50 bits per heavy atom. The van der Waals surface area contributed by atoms with Gasteiger partial charge in [-0.2, -0.15) is 5.10 Å². The molecule has 0 bridgehead atoms. The summed E-state index contributed by atoms with van der Waals surface area (Å²) >= 11 is 0. The topological polar surface area (TPSA) is 66.8 Å². The van der Waals surface area contributed by atoms with Crippen molar-refractivity contribution in [3.8, 4) is 0 Å². The van der Waals surface area contributed by atoms with Crippen molar-refractivity contribution in [1.29, 1.82) is 0 Å². The van der Waals surface area contributed by atoms with Gasteiger partial charge in [0, 0.05) is 31.2 Å². The molecule has 0 atom stereocenters. The number of hydrogen-bond donors (Lipinski definition) is 1. The largest absolute Gasteiger partial charge is 0.337 e. The van der Waals surface area contributed by atoms with Crippen LogP contribution >= 0.6 is 0 Å². The second kappa shape index (κ2) is 4.77. The van der Waals surface area contributed by atoms with Crippen molar-refractivity contribution >= 4 is 5.91 Å². The highest BCUT2D eigenvalue weighted by Gasteiger charge is 2.35. The first-order chi connectivity index (χ1) is 9.58. The van der Waals surface area contributed by atoms with Gasteiger partial charge in [0.1, 0.15) is 5.82 Å². The van der Waals surface area contributed by atoms with E-state index >= 15 is 0 Å². The average molecular weight is 273 g/mol. The third-order valence-electron chi connectivity index (χ3n) is 3.82. The molecule has 106 valence electrons. The maximum Gasteiger partial charge on any atom is 0.258 e. The third kappa shape index (κ3) is 2.21. The summed E-state index contributed by atoms with van der Waals surface area (Å²) in [6, 6.07) is 0.341. The first-order valence-corrected chi connectivity index (χ1v) is 6.86.